The average Bonchev–Trinajstić information content (AvgIpc) is 2.86. The normalized spacial score (nSPS) is 14.4. The van der Waals surface area contributed by atoms with E-state index >= 15 is 0 Å². The van der Waals surface area contributed by atoms with Gasteiger partial charge >= 0.3 is 0 Å². The smallest absolute Gasteiger partial charge is 0.245 e. The summed E-state index contributed by atoms with van der Waals surface area (Å²) in [5.74, 6) is -3.18. The van der Waals surface area contributed by atoms with Crippen LogP contribution in [0.5, 0.6) is 0 Å². The van der Waals surface area contributed by atoms with E-state index in [2.05, 4.69) is 31.6 Å². The molecule has 0 unspecified atom stereocenters. The molecule has 39 heavy (non-hydrogen) atoms. The van der Waals surface area contributed by atoms with E-state index in [1.54, 1.807) is 0 Å². The highest BCUT2D eigenvalue weighted by Crippen LogP contribution is 2.06. The van der Waals surface area contributed by atoms with Crippen molar-refractivity contribution in [3.05, 3.63) is 0 Å². The van der Waals surface area contributed by atoms with Crippen LogP contribution in [-0.2, 0) is 28.8 Å². The van der Waals surface area contributed by atoms with Gasteiger partial charge in [-0.25, -0.2) is 0 Å². The van der Waals surface area contributed by atoms with Crippen molar-refractivity contribution in [1.29, 1.82) is 0 Å². The van der Waals surface area contributed by atoms with Gasteiger partial charge in [-0.15, -0.1) is 0 Å². The van der Waals surface area contributed by atoms with E-state index in [1.165, 1.54) is 20.8 Å². The molecule has 0 aliphatic heterocycles. The van der Waals surface area contributed by atoms with Crippen molar-refractivity contribution in [2.75, 3.05) is 19.7 Å². The maximum absolute atomic E-state index is 13.1. The summed E-state index contributed by atoms with van der Waals surface area (Å²) in [6.45, 7) is 4.01. The van der Waals surface area contributed by atoms with Gasteiger partial charge in [-0.1, -0.05) is 0 Å². The number of hydrogen-bond acceptors (Lipinski definition) is 9. The Balaban J connectivity index is 5.63. The van der Waals surface area contributed by atoms with Gasteiger partial charge in [0, 0.05) is 20.0 Å². The third kappa shape index (κ3) is 15.9. The molecule has 0 aromatic heterocycles. The van der Waals surface area contributed by atoms with Crippen LogP contribution in [0, 0.1) is 0 Å². The first-order chi connectivity index (χ1) is 18.3. The second-order valence-electron chi connectivity index (χ2n) is 9.02. The zero-order valence-electron chi connectivity index (χ0n) is 22.7. The van der Waals surface area contributed by atoms with E-state index in [0.29, 0.717) is 32.1 Å². The van der Waals surface area contributed by atoms with Crippen molar-refractivity contribution in [1.82, 2.24) is 26.6 Å². The van der Waals surface area contributed by atoms with Crippen LogP contribution in [-0.4, -0.2) is 96.8 Å². The summed E-state index contributed by atoms with van der Waals surface area (Å²) in [6.07, 6.45) is 1.94. The van der Waals surface area contributed by atoms with Gasteiger partial charge in [0.1, 0.15) is 24.4 Å². The second-order valence-corrected chi connectivity index (χ2v) is 9.02. The van der Waals surface area contributed by atoms with Crippen LogP contribution in [0.3, 0.4) is 0 Å². The average molecular weight is 558 g/mol. The lowest BCUT2D eigenvalue weighted by Crippen LogP contribution is -2.58. The minimum Gasteiger partial charge on any atom is -0.394 e. The van der Waals surface area contributed by atoms with Gasteiger partial charge in [0.2, 0.25) is 29.5 Å². The zero-order valence-corrected chi connectivity index (χ0v) is 22.7. The van der Waals surface area contributed by atoms with Gasteiger partial charge in [0.25, 0.3) is 0 Å². The minimum atomic E-state index is -1.38. The molecule has 5 atom stereocenters. The number of guanidine groups is 1. The second kappa shape index (κ2) is 19.3. The number of amides is 5. The maximum Gasteiger partial charge on any atom is 0.245 e. The Bertz CT molecular complexity index is 863. The lowest BCUT2D eigenvalue weighted by atomic mass is 10.1. The van der Waals surface area contributed by atoms with E-state index in [1.807, 2.05) is 0 Å². The van der Waals surface area contributed by atoms with Crippen LogP contribution < -0.4 is 43.8 Å². The van der Waals surface area contributed by atoms with E-state index in [-0.39, 0.29) is 31.3 Å². The molecule has 0 aliphatic carbocycles. The van der Waals surface area contributed by atoms with E-state index in [0.717, 1.165) is 0 Å². The molecule has 0 fully saturated rings. The van der Waals surface area contributed by atoms with E-state index in [4.69, 9.17) is 17.2 Å². The Morgan fingerprint density at radius 1 is 0.821 bits per heavy atom. The standard InChI is InChI=1S/C23H43N9O7/c1-13(11-33)29-22(39)18(12-34)32-21(38)16(7-4-5-9-27-15(3)35)31-20(37)17(30-19(36)14(2)24)8-6-10-28-23(25)26/h11,13-14,16-18,34H,4-10,12,24H2,1-3H3,(H,27,35)(H,29,39)(H,30,36)(H,31,37)(H,32,38)(H4,25,26,28)/t13-,14-,16-,17-,18-/m0/s1. The highest BCUT2D eigenvalue weighted by molar-refractivity contribution is 5.95. The van der Waals surface area contributed by atoms with Crippen molar-refractivity contribution in [2.24, 2.45) is 22.2 Å². The number of aliphatic hydroxyl groups excluding tert-OH is 1. The van der Waals surface area contributed by atoms with E-state index < -0.39 is 60.4 Å². The lowest BCUT2D eigenvalue weighted by molar-refractivity contribution is -0.134. The number of aliphatic imine (C=N–C) groups is 1. The molecule has 0 saturated carbocycles. The molecule has 0 spiro atoms. The Kier molecular flexibility index (Phi) is 17.4. The molecule has 0 saturated heterocycles. The van der Waals surface area contributed by atoms with Crippen molar-refractivity contribution in [3.8, 4) is 0 Å². The van der Waals surface area contributed by atoms with Crippen molar-refractivity contribution in [2.45, 2.75) is 83.1 Å². The van der Waals surface area contributed by atoms with Gasteiger partial charge in [0.05, 0.1) is 18.7 Å². The highest BCUT2D eigenvalue weighted by atomic mass is 16.3. The number of hydrogen-bond donors (Lipinski definition) is 9. The highest BCUT2D eigenvalue weighted by Gasteiger charge is 2.30. The number of unbranched alkanes of at least 4 members (excludes halogenated alkanes) is 1. The SMILES string of the molecule is CC(=O)NCCCC[C@H](NC(=O)[C@H](CCCN=C(N)N)NC(=O)[C@H](C)N)C(=O)N[C@@H](CO)C(=O)N[C@@H](C)C=O. The largest absolute Gasteiger partial charge is 0.394 e. The Morgan fingerprint density at radius 3 is 1.82 bits per heavy atom. The lowest BCUT2D eigenvalue weighted by Gasteiger charge is -2.25. The number of carbonyl (C=O) groups excluding carboxylic acids is 6. The molecule has 16 heteroatoms. The molecule has 0 radical (unpaired) electrons. The van der Waals surface area contributed by atoms with Gasteiger partial charge in [-0.2, -0.15) is 0 Å². The van der Waals surface area contributed by atoms with Crippen molar-refractivity contribution >= 4 is 41.8 Å². The Labute approximate surface area is 227 Å². The number of rotatable bonds is 19. The van der Waals surface area contributed by atoms with Gasteiger partial charge in [0.15, 0.2) is 5.96 Å². The number of nitrogens with two attached hydrogens (primary N) is 3. The van der Waals surface area contributed by atoms with Crippen LogP contribution in [0.4, 0.5) is 0 Å². The maximum atomic E-state index is 13.1. The topological polar surface area (TPSA) is 273 Å². The predicted octanol–water partition coefficient (Wildman–Crippen LogP) is -4.16. The number of aldehydes is 1. The zero-order chi connectivity index (χ0) is 30.0. The van der Waals surface area contributed by atoms with Crippen molar-refractivity contribution < 1.29 is 33.9 Å². The molecule has 0 aromatic carbocycles. The van der Waals surface area contributed by atoms with Gasteiger partial charge in [-0.05, 0) is 46.0 Å². The van der Waals surface area contributed by atoms with Crippen LogP contribution in [0.25, 0.3) is 0 Å². The molecule has 12 N–H and O–H groups in total. The fraction of sp³-hybridized carbons (Fsp3) is 0.696. The van der Waals surface area contributed by atoms with Crippen LogP contribution in [0.15, 0.2) is 4.99 Å². The molecular weight excluding hydrogens is 514 g/mol. The molecule has 0 bridgehead atoms. The Hall–Kier alpha value is -3.79. The molecule has 0 heterocycles. The summed E-state index contributed by atoms with van der Waals surface area (Å²) >= 11 is 0. The summed E-state index contributed by atoms with van der Waals surface area (Å²) in [4.78, 5) is 76.5. The van der Waals surface area contributed by atoms with E-state index in [9.17, 15) is 33.9 Å². The molecule has 0 aromatic rings. The first kappa shape index (κ1) is 35.2. The van der Waals surface area contributed by atoms with Gasteiger partial charge in [-0.3, -0.25) is 29.0 Å². The summed E-state index contributed by atoms with van der Waals surface area (Å²) in [7, 11) is 0. The van der Waals surface area contributed by atoms with Crippen LogP contribution in [0.2, 0.25) is 0 Å². The predicted molar refractivity (Wildman–Crippen MR) is 143 cm³/mol. The first-order valence-corrected chi connectivity index (χ1v) is 12.6. The monoisotopic (exact) mass is 557 g/mol. The van der Waals surface area contributed by atoms with Crippen molar-refractivity contribution in [3.63, 3.8) is 0 Å². The van der Waals surface area contributed by atoms with Crippen LogP contribution >= 0.6 is 0 Å². The summed E-state index contributed by atoms with van der Waals surface area (Å²) in [5, 5.41) is 22.0. The number of aliphatic hydroxyl groups is 1. The number of nitrogens with zero attached hydrogens (tertiary/aromatic N) is 1. The molecule has 0 rings (SSSR count). The Morgan fingerprint density at radius 2 is 1.33 bits per heavy atom. The summed E-state index contributed by atoms with van der Waals surface area (Å²) in [6, 6.07) is -5.36. The quantitative estimate of drug-likeness (QED) is 0.0320. The molecule has 222 valence electrons. The third-order valence-corrected chi connectivity index (χ3v) is 5.31. The van der Waals surface area contributed by atoms with Crippen LogP contribution in [0.1, 0.15) is 52.9 Å². The molecule has 5 amide bonds. The molecular formula is C23H43N9O7. The summed E-state index contributed by atoms with van der Waals surface area (Å²) < 4.78 is 0. The molecule has 16 nitrogen and oxygen atoms in total. The minimum absolute atomic E-state index is 0.115. The van der Waals surface area contributed by atoms with Gasteiger partial charge < -0.3 is 53.7 Å². The third-order valence-electron chi connectivity index (χ3n) is 5.31. The number of carbonyl (C=O) groups is 6. The first-order valence-electron chi connectivity index (χ1n) is 12.6. The summed E-state index contributed by atoms with van der Waals surface area (Å²) in [5.41, 5.74) is 16.2. The fourth-order valence-corrected chi connectivity index (χ4v) is 3.18. The number of nitrogens with one attached hydrogen (secondary N) is 5. The molecule has 0 aliphatic rings. The fourth-order valence-electron chi connectivity index (χ4n) is 3.18.